The highest BCUT2D eigenvalue weighted by atomic mass is 79.9. The van der Waals surface area contributed by atoms with Crippen molar-refractivity contribution in [3.05, 3.63) is 34.9 Å². The molecule has 0 saturated heterocycles. The van der Waals surface area contributed by atoms with Crippen molar-refractivity contribution in [2.45, 2.75) is 18.8 Å². The van der Waals surface area contributed by atoms with Crippen LogP contribution in [0, 0.1) is 5.92 Å². The minimum Gasteiger partial charge on any atom is -0.0921 e. The lowest BCUT2D eigenvalue weighted by Crippen LogP contribution is -2.02. The maximum absolute atomic E-state index is 5.96. The quantitative estimate of drug-likeness (QED) is 0.713. The van der Waals surface area contributed by atoms with Crippen molar-refractivity contribution in [1.29, 1.82) is 0 Å². The van der Waals surface area contributed by atoms with Gasteiger partial charge in [0.15, 0.2) is 0 Å². The third kappa shape index (κ3) is 2.26. The average Bonchev–Trinajstić information content (AvgIpc) is 2.90. The van der Waals surface area contributed by atoms with Gasteiger partial charge in [-0.05, 0) is 42.4 Å². The summed E-state index contributed by atoms with van der Waals surface area (Å²) in [5.74, 6) is 1.55. The molecule has 0 aromatic heterocycles. The predicted molar refractivity (Wildman–Crippen MR) is 60.7 cm³/mol. The van der Waals surface area contributed by atoms with Crippen LogP contribution in [0.25, 0.3) is 0 Å². The molecule has 0 heterocycles. The van der Waals surface area contributed by atoms with E-state index in [-0.39, 0.29) is 0 Å². The summed E-state index contributed by atoms with van der Waals surface area (Å²) in [7, 11) is 0. The van der Waals surface area contributed by atoms with Crippen molar-refractivity contribution in [2.75, 3.05) is 5.33 Å². The van der Waals surface area contributed by atoms with Crippen LogP contribution in [0.3, 0.4) is 0 Å². The maximum atomic E-state index is 5.96. The third-order valence-electron chi connectivity index (χ3n) is 2.63. The number of halogens is 2. The normalized spacial score (nSPS) is 18.6. The standard InChI is InChI=1S/C11H12BrCl/c12-7-11(8-4-5-8)9-2-1-3-10(13)6-9/h1-3,6,8,11H,4-5,7H2. The van der Waals surface area contributed by atoms with Crippen LogP contribution in [0.5, 0.6) is 0 Å². The Hall–Kier alpha value is -0.0100. The molecule has 70 valence electrons. The Balaban J connectivity index is 2.21. The van der Waals surface area contributed by atoms with Gasteiger partial charge in [0.25, 0.3) is 0 Å². The molecule has 0 nitrogen and oxygen atoms in total. The van der Waals surface area contributed by atoms with Gasteiger partial charge in [0.1, 0.15) is 0 Å². The first-order valence-electron chi connectivity index (χ1n) is 4.62. The van der Waals surface area contributed by atoms with Crippen LogP contribution >= 0.6 is 27.5 Å². The predicted octanol–water partition coefficient (Wildman–Crippen LogP) is 4.23. The van der Waals surface area contributed by atoms with E-state index >= 15 is 0 Å². The summed E-state index contributed by atoms with van der Waals surface area (Å²) in [6.45, 7) is 0. The Morgan fingerprint density at radius 2 is 2.23 bits per heavy atom. The van der Waals surface area contributed by atoms with Gasteiger partial charge >= 0.3 is 0 Å². The Bertz CT molecular complexity index is 294. The molecule has 0 aliphatic heterocycles. The molecule has 1 aliphatic carbocycles. The number of hydrogen-bond acceptors (Lipinski definition) is 0. The summed E-state index contributed by atoms with van der Waals surface area (Å²) >= 11 is 9.53. The fourth-order valence-electron chi connectivity index (χ4n) is 1.72. The van der Waals surface area contributed by atoms with E-state index < -0.39 is 0 Å². The van der Waals surface area contributed by atoms with Crippen LogP contribution in [0.15, 0.2) is 24.3 Å². The first kappa shape index (κ1) is 9.54. The molecule has 0 bridgehead atoms. The number of hydrogen-bond donors (Lipinski definition) is 0. The fraction of sp³-hybridized carbons (Fsp3) is 0.455. The number of alkyl halides is 1. The van der Waals surface area contributed by atoms with Crippen molar-refractivity contribution in [3.8, 4) is 0 Å². The van der Waals surface area contributed by atoms with E-state index in [9.17, 15) is 0 Å². The first-order chi connectivity index (χ1) is 6.31. The highest BCUT2D eigenvalue weighted by molar-refractivity contribution is 9.09. The molecule has 1 unspecified atom stereocenters. The fourth-order valence-corrected chi connectivity index (χ4v) is 2.82. The summed E-state index contributed by atoms with van der Waals surface area (Å²) in [5, 5.41) is 1.90. The van der Waals surface area contributed by atoms with Crippen LogP contribution in [0.1, 0.15) is 24.3 Å². The first-order valence-corrected chi connectivity index (χ1v) is 6.12. The molecular formula is C11H12BrCl. The summed E-state index contributed by atoms with van der Waals surface area (Å²) in [5.41, 5.74) is 1.38. The second-order valence-corrected chi connectivity index (χ2v) is 4.74. The van der Waals surface area contributed by atoms with E-state index in [2.05, 4.69) is 28.1 Å². The summed E-state index contributed by atoms with van der Waals surface area (Å²) in [6, 6.07) is 8.24. The second kappa shape index (κ2) is 4.02. The van der Waals surface area contributed by atoms with Crippen molar-refractivity contribution in [1.82, 2.24) is 0 Å². The van der Waals surface area contributed by atoms with Gasteiger partial charge in [-0.3, -0.25) is 0 Å². The second-order valence-electron chi connectivity index (χ2n) is 3.65. The van der Waals surface area contributed by atoms with Gasteiger partial charge in [0, 0.05) is 10.4 Å². The number of benzene rings is 1. The topological polar surface area (TPSA) is 0 Å². The largest absolute Gasteiger partial charge is 0.0921 e. The Labute approximate surface area is 92.4 Å². The molecule has 13 heavy (non-hydrogen) atoms. The Morgan fingerprint density at radius 1 is 1.46 bits per heavy atom. The zero-order valence-corrected chi connectivity index (χ0v) is 9.68. The van der Waals surface area contributed by atoms with Crippen LogP contribution in [-0.4, -0.2) is 5.33 Å². The molecule has 2 rings (SSSR count). The van der Waals surface area contributed by atoms with E-state index in [1.165, 1.54) is 18.4 Å². The molecule has 1 aromatic carbocycles. The monoisotopic (exact) mass is 258 g/mol. The van der Waals surface area contributed by atoms with Crippen molar-refractivity contribution in [3.63, 3.8) is 0 Å². The lowest BCUT2D eigenvalue weighted by molar-refractivity contribution is 0.678. The summed E-state index contributed by atoms with van der Waals surface area (Å²) in [6.07, 6.45) is 2.76. The van der Waals surface area contributed by atoms with Gasteiger partial charge in [0.05, 0.1) is 0 Å². The van der Waals surface area contributed by atoms with E-state index in [0.29, 0.717) is 5.92 Å². The van der Waals surface area contributed by atoms with Gasteiger partial charge in [-0.25, -0.2) is 0 Å². The molecule has 1 saturated carbocycles. The van der Waals surface area contributed by atoms with Crippen molar-refractivity contribution >= 4 is 27.5 Å². The average molecular weight is 260 g/mol. The van der Waals surface area contributed by atoms with E-state index in [1.807, 2.05) is 12.1 Å². The minimum absolute atomic E-state index is 0.665. The van der Waals surface area contributed by atoms with Gasteiger partial charge in [-0.1, -0.05) is 39.7 Å². The van der Waals surface area contributed by atoms with E-state index in [4.69, 9.17) is 11.6 Å². The number of rotatable bonds is 3. The summed E-state index contributed by atoms with van der Waals surface area (Å²) < 4.78 is 0. The lowest BCUT2D eigenvalue weighted by Gasteiger charge is -2.13. The summed E-state index contributed by atoms with van der Waals surface area (Å²) in [4.78, 5) is 0. The molecule has 1 fully saturated rings. The van der Waals surface area contributed by atoms with Gasteiger partial charge in [-0.2, -0.15) is 0 Å². The molecule has 1 aliphatic rings. The van der Waals surface area contributed by atoms with Crippen LogP contribution in [-0.2, 0) is 0 Å². The van der Waals surface area contributed by atoms with Crippen molar-refractivity contribution < 1.29 is 0 Å². The molecule has 1 atom stereocenters. The Morgan fingerprint density at radius 3 is 2.77 bits per heavy atom. The van der Waals surface area contributed by atoms with Gasteiger partial charge in [-0.15, -0.1) is 0 Å². The molecule has 0 N–H and O–H groups in total. The third-order valence-corrected chi connectivity index (χ3v) is 3.57. The van der Waals surface area contributed by atoms with E-state index in [1.54, 1.807) is 0 Å². The zero-order valence-electron chi connectivity index (χ0n) is 7.34. The van der Waals surface area contributed by atoms with Crippen LogP contribution in [0.4, 0.5) is 0 Å². The molecule has 0 amide bonds. The highest BCUT2D eigenvalue weighted by Crippen LogP contribution is 2.43. The molecule has 0 spiro atoms. The zero-order chi connectivity index (χ0) is 9.26. The molecular weight excluding hydrogens is 247 g/mol. The molecule has 0 radical (unpaired) electrons. The SMILES string of the molecule is Clc1cccc(C(CBr)C2CC2)c1. The minimum atomic E-state index is 0.665. The van der Waals surface area contributed by atoms with Gasteiger partial charge in [0.2, 0.25) is 0 Å². The smallest absolute Gasteiger partial charge is 0.0408 e. The molecule has 2 heteroatoms. The van der Waals surface area contributed by atoms with Gasteiger partial charge < -0.3 is 0 Å². The van der Waals surface area contributed by atoms with Crippen molar-refractivity contribution in [2.24, 2.45) is 5.92 Å². The molecule has 1 aromatic rings. The van der Waals surface area contributed by atoms with Crippen LogP contribution in [0.2, 0.25) is 5.02 Å². The van der Waals surface area contributed by atoms with E-state index in [0.717, 1.165) is 16.3 Å². The highest BCUT2D eigenvalue weighted by Gasteiger charge is 2.31. The van der Waals surface area contributed by atoms with Crippen LogP contribution < -0.4 is 0 Å². The lowest BCUT2D eigenvalue weighted by atomic mass is 9.96. The Kier molecular flexibility index (Phi) is 2.95. The maximum Gasteiger partial charge on any atom is 0.0408 e.